The van der Waals surface area contributed by atoms with Gasteiger partial charge in [-0.15, -0.1) is 0 Å². The summed E-state index contributed by atoms with van der Waals surface area (Å²) in [5.41, 5.74) is 1.77. The molecule has 2 N–H and O–H groups in total. The summed E-state index contributed by atoms with van der Waals surface area (Å²) in [4.78, 5) is 11.2. The topological polar surface area (TPSA) is 103 Å². The molecule has 0 radical (unpaired) electrons. The van der Waals surface area contributed by atoms with Gasteiger partial charge in [-0.05, 0) is 18.2 Å². The molecule has 7 nitrogen and oxygen atoms in total. The fourth-order valence-electron chi connectivity index (χ4n) is 2.44. The van der Waals surface area contributed by atoms with Crippen molar-refractivity contribution in [3.8, 4) is 11.5 Å². The van der Waals surface area contributed by atoms with Gasteiger partial charge in [0, 0.05) is 29.0 Å². The zero-order valence-corrected chi connectivity index (χ0v) is 14.4. The van der Waals surface area contributed by atoms with Crippen LogP contribution in [0.25, 0.3) is 11.0 Å². The van der Waals surface area contributed by atoms with Crippen LogP contribution >= 0.6 is 0 Å². The molecule has 1 atom stereocenters. The number of methoxy groups -OCH3 is 1. The van der Waals surface area contributed by atoms with Gasteiger partial charge in [-0.1, -0.05) is 0 Å². The molecule has 0 saturated carbocycles. The van der Waals surface area contributed by atoms with Crippen molar-refractivity contribution >= 4 is 22.2 Å². The van der Waals surface area contributed by atoms with Crippen molar-refractivity contribution in [2.75, 3.05) is 7.11 Å². The molecule has 1 unspecified atom stereocenters. The Labute approximate surface area is 150 Å². The third kappa shape index (κ3) is 3.87. The molecule has 0 spiro atoms. The highest BCUT2D eigenvalue weighted by molar-refractivity contribution is 7.90. The minimum absolute atomic E-state index is 0.00725. The van der Waals surface area contributed by atoms with Crippen LogP contribution in [0.2, 0.25) is 0 Å². The number of hydrogen-bond donors (Lipinski definition) is 2. The monoisotopic (exact) mass is 383 g/mol. The van der Waals surface area contributed by atoms with E-state index in [1.165, 1.54) is 31.5 Å². The van der Waals surface area contributed by atoms with Crippen molar-refractivity contribution in [3.63, 3.8) is 0 Å². The van der Waals surface area contributed by atoms with E-state index in [0.717, 1.165) is 0 Å². The number of benzene rings is 1. The van der Waals surface area contributed by atoms with Crippen LogP contribution < -0.4 is 9.47 Å². The number of nitrogens with zero attached hydrogens (tertiary/aromatic N) is 2. The van der Waals surface area contributed by atoms with Crippen LogP contribution in [0.5, 0.6) is 11.5 Å². The van der Waals surface area contributed by atoms with E-state index in [2.05, 4.69) is 19.7 Å². The second-order valence-electron chi connectivity index (χ2n) is 5.19. The standard InChI is InChI=1S/C16H15F2N3O4S/c1-24-14-4-5-19-13(10(14)7-22)8-26(23)16-20-11-3-2-9(25-15(17)18)6-12(11)21-16/h2-6,15,22H,7-8H2,1H3,(H,20,21). The maximum absolute atomic E-state index is 12.6. The van der Waals surface area contributed by atoms with Crippen LogP contribution in [0.1, 0.15) is 11.3 Å². The average molecular weight is 383 g/mol. The molecule has 2 aromatic heterocycles. The van der Waals surface area contributed by atoms with Crippen LogP contribution in [0, 0.1) is 0 Å². The number of alkyl halides is 2. The van der Waals surface area contributed by atoms with Gasteiger partial charge in [-0.3, -0.25) is 9.97 Å². The summed E-state index contributed by atoms with van der Waals surface area (Å²) in [6.45, 7) is -3.24. The normalized spacial score (nSPS) is 12.5. The lowest BCUT2D eigenvalue weighted by Gasteiger charge is -2.12. The summed E-state index contributed by atoms with van der Waals surface area (Å²) in [5, 5.41) is 9.68. The molecule has 2 heterocycles. The summed E-state index contributed by atoms with van der Waals surface area (Å²) in [6.07, 6.45) is 1.50. The number of nitrogens with one attached hydrogen (secondary N) is 1. The van der Waals surface area contributed by atoms with Crippen LogP contribution in [0.4, 0.5) is 8.78 Å². The summed E-state index contributed by atoms with van der Waals surface area (Å²) >= 11 is -1.59. The van der Waals surface area contributed by atoms with Crippen molar-refractivity contribution in [2.45, 2.75) is 24.1 Å². The van der Waals surface area contributed by atoms with E-state index in [9.17, 15) is 18.4 Å². The first-order chi connectivity index (χ1) is 12.5. The first-order valence-electron chi connectivity index (χ1n) is 7.46. The highest BCUT2D eigenvalue weighted by atomic mass is 32.2. The number of aromatic amines is 1. The van der Waals surface area contributed by atoms with Gasteiger partial charge in [0.05, 0.1) is 30.4 Å². The quantitative estimate of drug-likeness (QED) is 0.607. The SMILES string of the molecule is COc1ccnc(C[S+]([O-])c2nc3cc(OC(F)F)ccc3[nH]2)c1CO. The number of imidazole rings is 1. The van der Waals surface area contributed by atoms with Gasteiger partial charge >= 0.3 is 11.8 Å². The molecule has 0 amide bonds. The Hall–Kier alpha value is -2.43. The highest BCUT2D eigenvalue weighted by Gasteiger charge is 2.21. The van der Waals surface area contributed by atoms with Crippen LogP contribution in [-0.4, -0.2) is 38.3 Å². The molecule has 0 bridgehead atoms. The average Bonchev–Trinajstić information content (AvgIpc) is 3.04. The molecule has 26 heavy (non-hydrogen) atoms. The summed E-state index contributed by atoms with van der Waals surface area (Å²) < 4.78 is 46.7. The number of fused-ring (bicyclic) bond motifs is 1. The molecule has 0 fully saturated rings. The number of pyridine rings is 1. The number of hydrogen-bond acceptors (Lipinski definition) is 6. The van der Waals surface area contributed by atoms with Crippen molar-refractivity contribution in [1.29, 1.82) is 0 Å². The predicted octanol–water partition coefficient (Wildman–Crippen LogP) is 2.37. The molecule has 3 rings (SSSR count). The molecule has 0 aliphatic rings. The summed E-state index contributed by atoms with van der Waals surface area (Å²) in [7, 11) is 1.47. The molecule has 10 heteroatoms. The number of ether oxygens (including phenoxy) is 2. The number of aliphatic hydroxyl groups is 1. The summed E-state index contributed by atoms with van der Waals surface area (Å²) in [5.74, 6) is 0.425. The number of H-pyrrole nitrogens is 1. The first-order valence-corrected chi connectivity index (χ1v) is 8.78. The molecule has 3 aromatic rings. The third-order valence-corrected chi connectivity index (χ3v) is 4.78. The number of halogens is 2. The van der Waals surface area contributed by atoms with Gasteiger partial charge in [-0.25, -0.2) is 0 Å². The smallest absolute Gasteiger partial charge is 0.387 e. The minimum atomic E-state index is -2.93. The predicted molar refractivity (Wildman–Crippen MR) is 89.5 cm³/mol. The number of aromatic nitrogens is 3. The fraction of sp³-hybridized carbons (Fsp3) is 0.250. The summed E-state index contributed by atoms with van der Waals surface area (Å²) in [6, 6.07) is 5.82. The molecule has 1 aromatic carbocycles. The Balaban J connectivity index is 1.85. The molecular weight excluding hydrogens is 368 g/mol. The van der Waals surface area contributed by atoms with Crippen LogP contribution in [0.15, 0.2) is 35.6 Å². The van der Waals surface area contributed by atoms with E-state index in [1.54, 1.807) is 6.07 Å². The van der Waals surface area contributed by atoms with E-state index >= 15 is 0 Å². The maximum Gasteiger partial charge on any atom is 0.387 e. The van der Waals surface area contributed by atoms with Crippen LogP contribution in [0.3, 0.4) is 0 Å². The first kappa shape index (κ1) is 18.4. The van der Waals surface area contributed by atoms with Gasteiger partial charge in [0.15, 0.2) is 5.75 Å². The number of rotatable bonds is 7. The zero-order chi connectivity index (χ0) is 18.7. The lowest BCUT2D eigenvalue weighted by atomic mass is 10.2. The Morgan fingerprint density at radius 3 is 2.85 bits per heavy atom. The highest BCUT2D eigenvalue weighted by Crippen LogP contribution is 2.26. The van der Waals surface area contributed by atoms with E-state index in [1.807, 2.05) is 0 Å². The Bertz CT molecular complexity index is 906. The third-order valence-electron chi connectivity index (χ3n) is 3.62. The molecular formula is C16H15F2N3O4S. The second kappa shape index (κ2) is 7.85. The van der Waals surface area contributed by atoms with Crippen LogP contribution in [-0.2, 0) is 23.5 Å². The van der Waals surface area contributed by atoms with E-state index < -0.39 is 17.8 Å². The fourth-order valence-corrected chi connectivity index (χ4v) is 3.50. The van der Waals surface area contributed by atoms with Crippen molar-refractivity contribution in [3.05, 3.63) is 41.7 Å². The van der Waals surface area contributed by atoms with Crippen molar-refractivity contribution < 1.29 is 27.9 Å². The lowest BCUT2D eigenvalue weighted by Crippen LogP contribution is -2.11. The van der Waals surface area contributed by atoms with Gasteiger partial charge in [0.1, 0.15) is 11.5 Å². The minimum Gasteiger partial charge on any atom is -0.609 e. The Morgan fingerprint density at radius 2 is 2.15 bits per heavy atom. The largest absolute Gasteiger partial charge is 0.609 e. The van der Waals surface area contributed by atoms with E-state index in [-0.39, 0.29) is 23.3 Å². The molecule has 0 saturated heterocycles. The number of aliphatic hydroxyl groups excluding tert-OH is 1. The van der Waals surface area contributed by atoms with E-state index in [4.69, 9.17) is 4.74 Å². The van der Waals surface area contributed by atoms with E-state index in [0.29, 0.717) is 28.0 Å². The zero-order valence-electron chi connectivity index (χ0n) is 13.6. The Morgan fingerprint density at radius 1 is 1.35 bits per heavy atom. The molecule has 0 aliphatic heterocycles. The molecule has 138 valence electrons. The van der Waals surface area contributed by atoms with Crippen molar-refractivity contribution in [1.82, 2.24) is 15.0 Å². The lowest BCUT2D eigenvalue weighted by molar-refractivity contribution is -0.0497. The Kier molecular flexibility index (Phi) is 5.55. The van der Waals surface area contributed by atoms with Gasteiger partial charge < -0.3 is 19.1 Å². The van der Waals surface area contributed by atoms with Gasteiger partial charge in [-0.2, -0.15) is 13.8 Å². The maximum atomic E-state index is 12.6. The molecule has 0 aliphatic carbocycles. The van der Waals surface area contributed by atoms with Gasteiger partial charge in [0.25, 0.3) is 0 Å². The second-order valence-corrected chi connectivity index (χ2v) is 6.55. The van der Waals surface area contributed by atoms with Gasteiger partial charge in [0.2, 0.25) is 0 Å². The van der Waals surface area contributed by atoms with Crippen molar-refractivity contribution in [2.24, 2.45) is 0 Å².